The molecular formula is C14H16N2OS. The van der Waals surface area contributed by atoms with Crippen molar-refractivity contribution in [3.63, 3.8) is 0 Å². The lowest BCUT2D eigenvalue weighted by molar-refractivity contribution is 0.411. The summed E-state index contributed by atoms with van der Waals surface area (Å²) in [5.74, 6) is 1.47. The average molecular weight is 260 g/mol. The van der Waals surface area contributed by atoms with Crippen molar-refractivity contribution in [1.29, 1.82) is 0 Å². The predicted octanol–water partition coefficient (Wildman–Crippen LogP) is 3.44. The number of nitrogens with zero attached hydrogens (tertiary/aromatic N) is 1. The molecule has 0 unspecified atom stereocenters. The van der Waals surface area contributed by atoms with Crippen molar-refractivity contribution in [1.82, 2.24) is 4.98 Å². The summed E-state index contributed by atoms with van der Waals surface area (Å²) in [6.45, 7) is 4.12. The van der Waals surface area contributed by atoms with Gasteiger partial charge in [-0.15, -0.1) is 0 Å². The molecule has 0 aliphatic rings. The lowest BCUT2D eigenvalue weighted by Crippen LogP contribution is -1.91. The number of hydrogen-bond acceptors (Lipinski definition) is 4. The maximum atomic E-state index is 5.58. The Morgan fingerprint density at radius 1 is 1.17 bits per heavy atom. The highest BCUT2D eigenvalue weighted by molar-refractivity contribution is 7.99. The van der Waals surface area contributed by atoms with Crippen LogP contribution in [0.4, 0.5) is 5.82 Å². The van der Waals surface area contributed by atoms with Crippen molar-refractivity contribution < 1.29 is 4.74 Å². The van der Waals surface area contributed by atoms with Crippen molar-refractivity contribution in [2.45, 2.75) is 23.6 Å². The first kappa shape index (κ1) is 12.8. The van der Waals surface area contributed by atoms with E-state index in [0.29, 0.717) is 5.82 Å². The molecule has 0 fully saturated rings. The largest absolute Gasteiger partial charge is 0.496 e. The van der Waals surface area contributed by atoms with Crippen LogP contribution in [0.2, 0.25) is 0 Å². The van der Waals surface area contributed by atoms with E-state index in [0.717, 1.165) is 16.2 Å². The number of rotatable bonds is 3. The Morgan fingerprint density at radius 2 is 1.94 bits per heavy atom. The highest BCUT2D eigenvalue weighted by atomic mass is 32.2. The molecule has 1 aromatic carbocycles. The molecule has 0 bridgehead atoms. The van der Waals surface area contributed by atoms with E-state index in [2.05, 4.69) is 24.0 Å². The van der Waals surface area contributed by atoms with Crippen LogP contribution in [0.3, 0.4) is 0 Å². The smallest absolute Gasteiger partial charge is 0.123 e. The number of ether oxygens (including phenoxy) is 1. The molecule has 2 N–H and O–H groups in total. The first-order valence-electron chi connectivity index (χ1n) is 5.65. The zero-order chi connectivity index (χ0) is 13.1. The molecule has 0 radical (unpaired) electrons. The lowest BCUT2D eigenvalue weighted by atomic mass is 10.1. The number of benzene rings is 1. The Kier molecular flexibility index (Phi) is 3.77. The van der Waals surface area contributed by atoms with Gasteiger partial charge in [-0.05, 0) is 49.2 Å². The predicted molar refractivity (Wildman–Crippen MR) is 75.2 cm³/mol. The summed E-state index contributed by atoms with van der Waals surface area (Å²) in [5, 5.41) is 0. The van der Waals surface area contributed by atoms with Crippen LogP contribution in [-0.4, -0.2) is 12.1 Å². The molecule has 0 saturated carbocycles. The Morgan fingerprint density at radius 3 is 2.56 bits per heavy atom. The van der Waals surface area contributed by atoms with Crippen LogP contribution in [-0.2, 0) is 0 Å². The second kappa shape index (κ2) is 5.31. The van der Waals surface area contributed by atoms with E-state index in [-0.39, 0.29) is 0 Å². The van der Waals surface area contributed by atoms with Crippen molar-refractivity contribution >= 4 is 17.6 Å². The van der Waals surface area contributed by atoms with Gasteiger partial charge in [0.05, 0.1) is 7.11 Å². The zero-order valence-corrected chi connectivity index (χ0v) is 11.5. The first-order valence-corrected chi connectivity index (χ1v) is 6.46. The molecule has 3 nitrogen and oxygen atoms in total. The highest BCUT2D eigenvalue weighted by Gasteiger charge is 2.06. The van der Waals surface area contributed by atoms with Gasteiger partial charge in [-0.2, -0.15) is 0 Å². The third-order valence-electron chi connectivity index (χ3n) is 2.68. The summed E-state index contributed by atoms with van der Waals surface area (Å²) in [6.07, 6.45) is 1.79. The average Bonchev–Trinajstić information content (AvgIpc) is 2.36. The third kappa shape index (κ3) is 2.76. The second-order valence-corrected chi connectivity index (χ2v) is 5.22. The van der Waals surface area contributed by atoms with Gasteiger partial charge in [-0.3, -0.25) is 0 Å². The van der Waals surface area contributed by atoms with Gasteiger partial charge < -0.3 is 10.5 Å². The summed E-state index contributed by atoms with van der Waals surface area (Å²) >= 11 is 1.68. The molecule has 2 aromatic rings. The Balaban J connectivity index is 2.29. The van der Waals surface area contributed by atoms with E-state index in [1.165, 1.54) is 10.5 Å². The number of aryl methyl sites for hydroxylation is 2. The number of methoxy groups -OCH3 is 1. The quantitative estimate of drug-likeness (QED) is 0.918. The van der Waals surface area contributed by atoms with Crippen LogP contribution in [0, 0.1) is 13.8 Å². The zero-order valence-electron chi connectivity index (χ0n) is 10.7. The van der Waals surface area contributed by atoms with Gasteiger partial charge in [0.1, 0.15) is 11.6 Å². The van der Waals surface area contributed by atoms with Crippen molar-refractivity contribution in [2.75, 3.05) is 12.8 Å². The molecule has 1 aromatic heterocycles. The van der Waals surface area contributed by atoms with Gasteiger partial charge in [-0.25, -0.2) is 4.98 Å². The monoisotopic (exact) mass is 260 g/mol. The lowest BCUT2D eigenvalue weighted by Gasteiger charge is -2.10. The summed E-state index contributed by atoms with van der Waals surface area (Å²) in [4.78, 5) is 6.38. The molecule has 94 valence electrons. The number of anilines is 1. The fourth-order valence-corrected chi connectivity index (χ4v) is 2.62. The molecule has 0 atom stereocenters. The van der Waals surface area contributed by atoms with Gasteiger partial charge in [0.15, 0.2) is 0 Å². The minimum Gasteiger partial charge on any atom is -0.496 e. The SMILES string of the molecule is COc1cc(C)c(Sc2ccc(N)nc2)cc1C. The van der Waals surface area contributed by atoms with Crippen molar-refractivity contribution in [3.05, 3.63) is 41.6 Å². The van der Waals surface area contributed by atoms with Gasteiger partial charge in [0.2, 0.25) is 0 Å². The fraction of sp³-hybridized carbons (Fsp3) is 0.214. The second-order valence-electron chi connectivity index (χ2n) is 4.11. The Hall–Kier alpha value is -1.68. The number of hydrogen-bond donors (Lipinski definition) is 1. The van der Waals surface area contributed by atoms with Crippen LogP contribution in [0.1, 0.15) is 11.1 Å². The van der Waals surface area contributed by atoms with Crippen LogP contribution in [0.5, 0.6) is 5.75 Å². The molecule has 2 rings (SSSR count). The molecule has 1 heterocycles. The third-order valence-corrected chi connectivity index (χ3v) is 3.82. The molecule has 0 saturated heterocycles. The van der Waals surface area contributed by atoms with E-state index < -0.39 is 0 Å². The summed E-state index contributed by atoms with van der Waals surface area (Å²) in [7, 11) is 1.69. The molecule has 4 heteroatoms. The van der Waals surface area contributed by atoms with Crippen LogP contribution in [0.15, 0.2) is 40.3 Å². The van der Waals surface area contributed by atoms with E-state index in [4.69, 9.17) is 10.5 Å². The standard InChI is InChI=1S/C14H16N2OS/c1-9-7-13(10(2)6-12(9)17-3)18-11-4-5-14(15)16-8-11/h4-8H,1-3H3,(H2,15,16). The molecular weight excluding hydrogens is 244 g/mol. The molecule has 0 aliphatic carbocycles. The van der Waals surface area contributed by atoms with E-state index in [1.807, 2.05) is 19.1 Å². The van der Waals surface area contributed by atoms with Crippen molar-refractivity contribution in [3.8, 4) is 5.75 Å². The Bertz CT molecular complexity index is 552. The summed E-state index contributed by atoms with van der Waals surface area (Å²) in [6, 6.07) is 7.98. The first-order chi connectivity index (χ1) is 8.60. The summed E-state index contributed by atoms with van der Waals surface area (Å²) < 4.78 is 5.31. The maximum absolute atomic E-state index is 5.58. The fourth-order valence-electron chi connectivity index (χ4n) is 1.67. The molecule has 0 aliphatic heterocycles. The van der Waals surface area contributed by atoms with Crippen LogP contribution in [0.25, 0.3) is 0 Å². The number of nitrogen functional groups attached to an aromatic ring is 1. The van der Waals surface area contributed by atoms with Crippen molar-refractivity contribution in [2.24, 2.45) is 0 Å². The highest BCUT2D eigenvalue weighted by Crippen LogP contribution is 2.33. The summed E-state index contributed by atoms with van der Waals surface area (Å²) in [5.41, 5.74) is 7.90. The van der Waals surface area contributed by atoms with E-state index in [9.17, 15) is 0 Å². The molecule has 0 spiro atoms. The molecule has 18 heavy (non-hydrogen) atoms. The van der Waals surface area contributed by atoms with E-state index >= 15 is 0 Å². The normalized spacial score (nSPS) is 10.4. The van der Waals surface area contributed by atoms with E-state index in [1.54, 1.807) is 25.1 Å². The maximum Gasteiger partial charge on any atom is 0.123 e. The minimum atomic E-state index is 0.544. The van der Waals surface area contributed by atoms with Crippen LogP contribution >= 0.6 is 11.8 Å². The number of pyridine rings is 1. The van der Waals surface area contributed by atoms with Gasteiger partial charge in [-0.1, -0.05) is 11.8 Å². The van der Waals surface area contributed by atoms with Crippen LogP contribution < -0.4 is 10.5 Å². The number of aromatic nitrogens is 1. The van der Waals surface area contributed by atoms with Gasteiger partial charge >= 0.3 is 0 Å². The van der Waals surface area contributed by atoms with Gasteiger partial charge in [0, 0.05) is 16.0 Å². The van der Waals surface area contributed by atoms with Gasteiger partial charge in [0.25, 0.3) is 0 Å². The molecule has 0 amide bonds. The number of nitrogens with two attached hydrogens (primary N) is 1. The Labute approximate surface area is 111 Å². The minimum absolute atomic E-state index is 0.544. The topological polar surface area (TPSA) is 48.1 Å².